The van der Waals surface area contributed by atoms with Gasteiger partial charge in [0.05, 0.1) is 6.61 Å². The lowest BCUT2D eigenvalue weighted by molar-refractivity contribution is -0.116. The molecule has 0 bridgehead atoms. The Labute approximate surface area is 152 Å². The van der Waals surface area contributed by atoms with Crippen molar-refractivity contribution < 1.29 is 14.3 Å². The molecule has 1 N–H and O–H groups in total. The van der Waals surface area contributed by atoms with Crippen molar-refractivity contribution in [3.05, 3.63) is 59.1 Å². The number of hydrogen-bond acceptors (Lipinski definition) is 3. The summed E-state index contributed by atoms with van der Waals surface area (Å²) in [5.74, 6) is 0.501. The van der Waals surface area contributed by atoms with Gasteiger partial charge in [0.25, 0.3) is 5.91 Å². The van der Waals surface area contributed by atoms with Crippen LogP contribution in [0.5, 0.6) is 5.75 Å². The van der Waals surface area contributed by atoms with Crippen molar-refractivity contribution in [2.45, 2.75) is 12.8 Å². The molecule has 2 aromatic rings. The standard InChI is InChI=1S/C19H21ClN2O3/c1-22(2)19(24)14-5-3-6-16(13-14)21-18(23)7-4-12-25-17-10-8-15(20)9-11-17/h3,5-6,8-11,13H,4,7,12H2,1-2H3,(H,21,23). The molecular weight excluding hydrogens is 340 g/mol. The van der Waals surface area contributed by atoms with Crippen LogP contribution < -0.4 is 10.1 Å². The second kappa shape index (κ2) is 9.08. The Morgan fingerprint density at radius 1 is 1.12 bits per heavy atom. The summed E-state index contributed by atoms with van der Waals surface area (Å²) in [5.41, 5.74) is 1.14. The quantitative estimate of drug-likeness (QED) is 0.763. The third kappa shape index (κ3) is 6.12. The van der Waals surface area contributed by atoms with Crippen LogP contribution in [0.1, 0.15) is 23.2 Å². The van der Waals surface area contributed by atoms with Crippen LogP contribution in [0, 0.1) is 0 Å². The second-order valence-corrected chi connectivity index (χ2v) is 6.17. The zero-order valence-electron chi connectivity index (χ0n) is 14.3. The van der Waals surface area contributed by atoms with E-state index >= 15 is 0 Å². The smallest absolute Gasteiger partial charge is 0.253 e. The van der Waals surface area contributed by atoms with Crippen LogP contribution in [0.3, 0.4) is 0 Å². The Morgan fingerprint density at radius 3 is 2.52 bits per heavy atom. The van der Waals surface area contributed by atoms with E-state index in [1.807, 2.05) is 0 Å². The molecule has 0 atom stereocenters. The van der Waals surface area contributed by atoms with E-state index in [0.717, 1.165) is 5.75 Å². The van der Waals surface area contributed by atoms with E-state index < -0.39 is 0 Å². The second-order valence-electron chi connectivity index (χ2n) is 5.73. The van der Waals surface area contributed by atoms with E-state index in [4.69, 9.17) is 16.3 Å². The number of carbonyl (C=O) groups is 2. The zero-order valence-corrected chi connectivity index (χ0v) is 15.0. The molecule has 0 aliphatic carbocycles. The summed E-state index contributed by atoms with van der Waals surface area (Å²) in [6, 6.07) is 14.0. The van der Waals surface area contributed by atoms with Crippen LogP contribution >= 0.6 is 11.6 Å². The molecule has 0 unspecified atom stereocenters. The summed E-state index contributed by atoms with van der Waals surface area (Å²) in [7, 11) is 3.38. The molecule has 5 nitrogen and oxygen atoms in total. The molecule has 0 radical (unpaired) electrons. The van der Waals surface area contributed by atoms with Crippen molar-refractivity contribution >= 4 is 29.1 Å². The van der Waals surface area contributed by atoms with Gasteiger partial charge in [-0.15, -0.1) is 0 Å². The van der Waals surface area contributed by atoms with Gasteiger partial charge in [-0.3, -0.25) is 9.59 Å². The Hall–Kier alpha value is -2.53. The lowest BCUT2D eigenvalue weighted by Crippen LogP contribution is -2.22. The maximum Gasteiger partial charge on any atom is 0.253 e. The first kappa shape index (κ1) is 18.8. The summed E-state index contributed by atoms with van der Waals surface area (Å²) in [5, 5.41) is 3.45. The van der Waals surface area contributed by atoms with E-state index in [1.165, 1.54) is 4.90 Å². The van der Waals surface area contributed by atoms with E-state index in [0.29, 0.717) is 35.7 Å². The van der Waals surface area contributed by atoms with Gasteiger partial charge in [0, 0.05) is 36.8 Å². The average Bonchev–Trinajstić information content (AvgIpc) is 2.59. The number of hydrogen-bond donors (Lipinski definition) is 1. The minimum atomic E-state index is -0.117. The predicted molar refractivity (Wildman–Crippen MR) is 99.3 cm³/mol. The van der Waals surface area contributed by atoms with Gasteiger partial charge in [-0.25, -0.2) is 0 Å². The Balaban J connectivity index is 1.77. The first-order valence-electron chi connectivity index (χ1n) is 7.95. The van der Waals surface area contributed by atoms with Crippen molar-refractivity contribution in [3.8, 4) is 5.75 Å². The van der Waals surface area contributed by atoms with Gasteiger partial charge < -0.3 is 15.0 Å². The maximum atomic E-state index is 12.0. The SMILES string of the molecule is CN(C)C(=O)c1cccc(NC(=O)CCCOc2ccc(Cl)cc2)c1. The molecule has 2 aromatic carbocycles. The summed E-state index contributed by atoms with van der Waals surface area (Å²) >= 11 is 5.81. The molecular formula is C19H21ClN2O3. The van der Waals surface area contributed by atoms with Crippen LogP contribution in [0.15, 0.2) is 48.5 Å². The number of carbonyl (C=O) groups excluding carboxylic acids is 2. The molecule has 0 saturated carbocycles. The third-order valence-electron chi connectivity index (χ3n) is 3.43. The van der Waals surface area contributed by atoms with E-state index in [1.54, 1.807) is 62.6 Å². The van der Waals surface area contributed by atoms with Crippen molar-refractivity contribution in [2.75, 3.05) is 26.0 Å². The lowest BCUT2D eigenvalue weighted by atomic mass is 10.1. The molecule has 0 fully saturated rings. The van der Waals surface area contributed by atoms with Gasteiger partial charge in [-0.1, -0.05) is 17.7 Å². The van der Waals surface area contributed by atoms with E-state index in [9.17, 15) is 9.59 Å². The molecule has 2 amide bonds. The normalized spacial score (nSPS) is 10.2. The minimum Gasteiger partial charge on any atom is -0.494 e. The molecule has 0 aromatic heterocycles. The highest BCUT2D eigenvalue weighted by atomic mass is 35.5. The van der Waals surface area contributed by atoms with Crippen LogP contribution in [-0.2, 0) is 4.79 Å². The van der Waals surface area contributed by atoms with Crippen LogP contribution in [0.4, 0.5) is 5.69 Å². The van der Waals surface area contributed by atoms with Gasteiger partial charge in [0.15, 0.2) is 0 Å². The number of rotatable bonds is 7. The number of benzene rings is 2. The fraction of sp³-hybridized carbons (Fsp3) is 0.263. The maximum absolute atomic E-state index is 12.0. The molecule has 6 heteroatoms. The number of nitrogens with one attached hydrogen (secondary N) is 1. The number of anilines is 1. The molecule has 0 aliphatic rings. The first-order chi connectivity index (χ1) is 12.0. The summed E-state index contributed by atoms with van der Waals surface area (Å²) < 4.78 is 5.55. The van der Waals surface area contributed by atoms with Crippen molar-refractivity contribution in [1.82, 2.24) is 4.90 Å². The lowest BCUT2D eigenvalue weighted by Gasteiger charge is -2.12. The average molecular weight is 361 g/mol. The van der Waals surface area contributed by atoms with Crippen molar-refractivity contribution in [1.29, 1.82) is 0 Å². The van der Waals surface area contributed by atoms with Gasteiger partial charge >= 0.3 is 0 Å². The number of halogens is 1. The summed E-state index contributed by atoms with van der Waals surface area (Å²) in [4.78, 5) is 25.4. The van der Waals surface area contributed by atoms with Crippen molar-refractivity contribution in [2.24, 2.45) is 0 Å². The minimum absolute atomic E-state index is 0.104. The summed E-state index contributed by atoms with van der Waals surface area (Å²) in [6.45, 7) is 0.439. The Bertz CT molecular complexity index is 730. The molecule has 0 spiro atoms. The Morgan fingerprint density at radius 2 is 1.84 bits per heavy atom. The molecule has 132 valence electrons. The zero-order chi connectivity index (χ0) is 18.2. The van der Waals surface area contributed by atoms with Crippen LogP contribution in [0.25, 0.3) is 0 Å². The third-order valence-corrected chi connectivity index (χ3v) is 3.68. The monoisotopic (exact) mass is 360 g/mol. The summed E-state index contributed by atoms with van der Waals surface area (Å²) in [6.07, 6.45) is 0.921. The molecule has 25 heavy (non-hydrogen) atoms. The fourth-order valence-corrected chi connectivity index (χ4v) is 2.29. The highest BCUT2D eigenvalue weighted by Gasteiger charge is 2.09. The molecule has 0 aliphatic heterocycles. The number of amides is 2. The predicted octanol–water partition coefficient (Wildman–Crippen LogP) is 3.84. The first-order valence-corrected chi connectivity index (χ1v) is 8.33. The van der Waals surface area contributed by atoms with E-state index in [2.05, 4.69) is 5.32 Å². The fourth-order valence-electron chi connectivity index (χ4n) is 2.17. The van der Waals surface area contributed by atoms with Gasteiger partial charge in [0.1, 0.15) is 5.75 Å². The van der Waals surface area contributed by atoms with Crippen LogP contribution in [-0.4, -0.2) is 37.4 Å². The highest BCUT2D eigenvalue weighted by Crippen LogP contribution is 2.16. The molecule has 0 heterocycles. The highest BCUT2D eigenvalue weighted by molar-refractivity contribution is 6.30. The van der Waals surface area contributed by atoms with Gasteiger partial charge in [0.2, 0.25) is 5.91 Å². The van der Waals surface area contributed by atoms with Gasteiger partial charge in [-0.05, 0) is 48.9 Å². The largest absolute Gasteiger partial charge is 0.494 e. The van der Waals surface area contributed by atoms with Crippen LogP contribution in [0.2, 0.25) is 5.02 Å². The topological polar surface area (TPSA) is 58.6 Å². The molecule has 0 saturated heterocycles. The molecule has 2 rings (SSSR count). The number of ether oxygens (including phenoxy) is 1. The Kier molecular flexibility index (Phi) is 6.83. The van der Waals surface area contributed by atoms with Gasteiger partial charge in [-0.2, -0.15) is 0 Å². The van der Waals surface area contributed by atoms with E-state index in [-0.39, 0.29) is 11.8 Å². The number of nitrogens with zero attached hydrogens (tertiary/aromatic N) is 1. The van der Waals surface area contributed by atoms with Crippen molar-refractivity contribution in [3.63, 3.8) is 0 Å².